The van der Waals surface area contributed by atoms with E-state index in [4.69, 9.17) is 0 Å². The number of nitrogens with zero attached hydrogens (tertiary/aromatic N) is 1. The molecular weight excluding hydrogens is 259 g/mol. The number of oxazole rings is 1. The first kappa shape index (κ1) is 13.3. The van der Waals surface area contributed by atoms with Gasteiger partial charge in [-0.3, -0.25) is 4.79 Å². The van der Waals surface area contributed by atoms with Crippen LogP contribution in [-0.4, -0.2) is 10.8 Å². The van der Waals surface area contributed by atoms with Gasteiger partial charge in [-0.05, 0) is 12.5 Å². The number of rotatable bonds is 3. The van der Waals surface area contributed by atoms with E-state index in [2.05, 4.69) is 9.40 Å². The highest BCUT2D eigenvalue weighted by Gasteiger charge is 2.37. The highest BCUT2D eigenvalue weighted by atomic mass is 19.4. The Kier molecular flexibility index (Phi) is 3.42. The summed E-state index contributed by atoms with van der Waals surface area (Å²) >= 11 is 0. The van der Waals surface area contributed by atoms with Crippen molar-refractivity contribution in [2.24, 2.45) is 0 Å². The number of hydrogen-bond acceptors (Lipinski definition) is 3. The Morgan fingerprint density at radius 3 is 2.37 bits per heavy atom. The lowest BCUT2D eigenvalue weighted by Gasteiger charge is -2.01. The maximum Gasteiger partial charge on any atom is 0.468 e. The van der Waals surface area contributed by atoms with Crippen molar-refractivity contribution in [3.05, 3.63) is 53.2 Å². The standard InChI is InChI=1S/C13H10F3NO2/c1-8(18)10-4-2-9(3-5-10)6-11-7-17-12(19-11)13(14,15)16/h2-5,7H,6H2,1H3. The van der Waals surface area contributed by atoms with Crippen molar-refractivity contribution in [3.63, 3.8) is 0 Å². The lowest BCUT2D eigenvalue weighted by molar-refractivity contribution is -0.157. The zero-order valence-corrected chi connectivity index (χ0v) is 9.99. The summed E-state index contributed by atoms with van der Waals surface area (Å²) in [5.74, 6) is -1.18. The molecule has 0 aliphatic rings. The van der Waals surface area contributed by atoms with E-state index in [1.165, 1.54) is 6.92 Å². The Bertz CT molecular complexity index is 585. The van der Waals surface area contributed by atoms with Crippen molar-refractivity contribution in [1.29, 1.82) is 0 Å². The van der Waals surface area contributed by atoms with Gasteiger partial charge in [-0.25, -0.2) is 4.98 Å². The van der Waals surface area contributed by atoms with Gasteiger partial charge in [-0.15, -0.1) is 0 Å². The van der Waals surface area contributed by atoms with E-state index in [0.29, 0.717) is 5.56 Å². The number of Topliss-reactive ketones (excluding diaryl/α,β-unsaturated/α-hetero) is 1. The van der Waals surface area contributed by atoms with Crippen molar-refractivity contribution in [2.45, 2.75) is 19.5 Å². The summed E-state index contributed by atoms with van der Waals surface area (Å²) in [6, 6.07) is 6.59. The summed E-state index contributed by atoms with van der Waals surface area (Å²) in [5.41, 5.74) is 1.30. The van der Waals surface area contributed by atoms with Gasteiger partial charge in [0.05, 0.1) is 6.20 Å². The summed E-state index contributed by atoms with van der Waals surface area (Å²) in [4.78, 5) is 14.3. The predicted molar refractivity (Wildman–Crippen MR) is 60.8 cm³/mol. The van der Waals surface area contributed by atoms with E-state index in [-0.39, 0.29) is 18.0 Å². The normalized spacial score (nSPS) is 11.6. The second kappa shape index (κ2) is 4.87. The van der Waals surface area contributed by atoms with Gasteiger partial charge in [0.1, 0.15) is 5.76 Å². The average Bonchev–Trinajstić information content (AvgIpc) is 2.78. The topological polar surface area (TPSA) is 43.1 Å². The highest BCUT2D eigenvalue weighted by molar-refractivity contribution is 5.94. The van der Waals surface area contributed by atoms with Crippen LogP contribution in [0.5, 0.6) is 0 Å². The zero-order chi connectivity index (χ0) is 14.0. The van der Waals surface area contributed by atoms with Gasteiger partial charge in [-0.1, -0.05) is 24.3 Å². The Balaban J connectivity index is 2.13. The van der Waals surface area contributed by atoms with Gasteiger partial charge in [0.2, 0.25) is 0 Å². The lowest BCUT2D eigenvalue weighted by Crippen LogP contribution is -2.04. The van der Waals surface area contributed by atoms with Crippen LogP contribution in [-0.2, 0) is 12.6 Å². The van der Waals surface area contributed by atoms with Gasteiger partial charge in [0.15, 0.2) is 5.78 Å². The van der Waals surface area contributed by atoms with Gasteiger partial charge >= 0.3 is 12.1 Å². The molecule has 2 rings (SSSR count). The van der Waals surface area contributed by atoms with E-state index in [9.17, 15) is 18.0 Å². The Morgan fingerprint density at radius 1 is 1.26 bits per heavy atom. The molecule has 0 atom stereocenters. The Hall–Kier alpha value is -2.11. The number of halogens is 3. The number of aromatic nitrogens is 1. The van der Waals surface area contributed by atoms with Crippen molar-refractivity contribution in [2.75, 3.05) is 0 Å². The minimum atomic E-state index is -4.57. The molecule has 0 saturated carbocycles. The molecule has 6 heteroatoms. The van der Waals surface area contributed by atoms with E-state index in [1.54, 1.807) is 24.3 Å². The fraction of sp³-hybridized carbons (Fsp3) is 0.231. The molecule has 0 radical (unpaired) electrons. The third kappa shape index (κ3) is 3.21. The van der Waals surface area contributed by atoms with Crippen LogP contribution in [0.1, 0.15) is 34.5 Å². The van der Waals surface area contributed by atoms with Crippen LogP contribution in [0.4, 0.5) is 13.2 Å². The third-order valence-corrected chi connectivity index (χ3v) is 2.53. The maximum atomic E-state index is 12.3. The highest BCUT2D eigenvalue weighted by Crippen LogP contribution is 2.29. The SMILES string of the molecule is CC(=O)c1ccc(Cc2cnc(C(F)(F)F)o2)cc1. The largest absolute Gasteiger partial charge is 0.468 e. The van der Waals surface area contributed by atoms with Crippen LogP contribution in [0.3, 0.4) is 0 Å². The summed E-state index contributed by atoms with van der Waals surface area (Å²) in [5, 5.41) is 0. The smallest absolute Gasteiger partial charge is 0.438 e. The monoisotopic (exact) mass is 269 g/mol. The van der Waals surface area contributed by atoms with Crippen LogP contribution in [0.25, 0.3) is 0 Å². The molecule has 2 aromatic rings. The number of benzene rings is 1. The van der Waals surface area contributed by atoms with Gasteiger partial charge < -0.3 is 4.42 Å². The first-order valence-electron chi connectivity index (χ1n) is 5.48. The van der Waals surface area contributed by atoms with Gasteiger partial charge in [0.25, 0.3) is 0 Å². The molecule has 19 heavy (non-hydrogen) atoms. The zero-order valence-electron chi connectivity index (χ0n) is 9.99. The molecular formula is C13H10F3NO2. The van der Waals surface area contributed by atoms with E-state index < -0.39 is 12.1 Å². The van der Waals surface area contributed by atoms with Crippen molar-refractivity contribution < 1.29 is 22.4 Å². The molecule has 0 aliphatic heterocycles. The summed E-state index contributed by atoms with van der Waals surface area (Å²) < 4.78 is 41.5. The summed E-state index contributed by atoms with van der Waals surface area (Å²) in [7, 11) is 0. The Labute approximate surface area is 107 Å². The lowest BCUT2D eigenvalue weighted by atomic mass is 10.1. The fourth-order valence-electron chi connectivity index (χ4n) is 1.58. The van der Waals surface area contributed by atoms with Crippen LogP contribution >= 0.6 is 0 Å². The molecule has 3 nitrogen and oxygen atoms in total. The second-order valence-electron chi connectivity index (χ2n) is 4.06. The Morgan fingerprint density at radius 2 is 1.89 bits per heavy atom. The molecule has 0 unspecified atom stereocenters. The first-order chi connectivity index (χ1) is 8.86. The predicted octanol–water partition coefficient (Wildman–Crippen LogP) is 3.49. The molecule has 100 valence electrons. The molecule has 0 bridgehead atoms. The third-order valence-electron chi connectivity index (χ3n) is 2.53. The number of carbonyl (C=O) groups is 1. The van der Waals surface area contributed by atoms with E-state index in [0.717, 1.165) is 11.8 Å². The number of ketones is 1. The molecule has 0 amide bonds. The molecule has 1 heterocycles. The summed E-state index contributed by atoms with van der Waals surface area (Å²) in [6.45, 7) is 1.45. The molecule has 1 aromatic carbocycles. The minimum Gasteiger partial charge on any atom is -0.438 e. The second-order valence-corrected chi connectivity index (χ2v) is 4.06. The molecule has 0 spiro atoms. The number of carbonyl (C=O) groups excluding carboxylic acids is 1. The molecule has 0 aliphatic carbocycles. The van der Waals surface area contributed by atoms with Crippen molar-refractivity contribution >= 4 is 5.78 Å². The van der Waals surface area contributed by atoms with Gasteiger partial charge in [0, 0.05) is 12.0 Å². The average molecular weight is 269 g/mol. The van der Waals surface area contributed by atoms with Crippen LogP contribution in [0, 0.1) is 0 Å². The summed E-state index contributed by atoms with van der Waals surface area (Å²) in [6.07, 6.45) is -3.32. The van der Waals surface area contributed by atoms with E-state index in [1.807, 2.05) is 0 Å². The van der Waals surface area contributed by atoms with Crippen LogP contribution in [0.15, 0.2) is 34.9 Å². The minimum absolute atomic E-state index is 0.0643. The van der Waals surface area contributed by atoms with Crippen molar-refractivity contribution in [3.8, 4) is 0 Å². The van der Waals surface area contributed by atoms with Crippen LogP contribution in [0.2, 0.25) is 0 Å². The van der Waals surface area contributed by atoms with E-state index >= 15 is 0 Å². The molecule has 0 N–H and O–H groups in total. The van der Waals surface area contributed by atoms with Gasteiger partial charge in [-0.2, -0.15) is 13.2 Å². The first-order valence-corrected chi connectivity index (χ1v) is 5.48. The quantitative estimate of drug-likeness (QED) is 0.801. The molecule has 1 aromatic heterocycles. The fourth-order valence-corrected chi connectivity index (χ4v) is 1.58. The van der Waals surface area contributed by atoms with Crippen molar-refractivity contribution in [1.82, 2.24) is 4.98 Å². The maximum absolute atomic E-state index is 12.3. The molecule has 0 fully saturated rings. The number of hydrogen-bond donors (Lipinski definition) is 0. The molecule has 0 saturated heterocycles. The number of alkyl halides is 3. The van der Waals surface area contributed by atoms with Crippen LogP contribution < -0.4 is 0 Å².